The molecule has 0 unspecified atom stereocenters. The number of Topliss-reactive ketones (excluding diaryl/α,β-unsaturated/α-hetero) is 4. The molecule has 4 amide bonds. The number of rotatable bonds is 57. The van der Waals surface area contributed by atoms with Gasteiger partial charge in [0.15, 0.2) is 5.78 Å². The average Bonchev–Trinajstić information content (AvgIpc) is 3.38. The van der Waals surface area contributed by atoms with Crippen LogP contribution in [0, 0.1) is 17.3 Å². The summed E-state index contributed by atoms with van der Waals surface area (Å²) in [6, 6.07) is -1.92. The number of carboxylic acids is 2. The molecule has 0 aliphatic carbocycles. The van der Waals surface area contributed by atoms with E-state index >= 15 is 0 Å². The maximum Gasteiger partial charge on any atom is 0.326 e. The van der Waals surface area contributed by atoms with E-state index < -0.39 is 59.6 Å². The predicted molar refractivity (Wildman–Crippen MR) is 296 cm³/mol. The summed E-state index contributed by atoms with van der Waals surface area (Å²) in [4.78, 5) is 122. The number of carbonyl (C=O) groups is 10. The Hall–Kier alpha value is -4.74. The maximum atomic E-state index is 13.3. The zero-order chi connectivity index (χ0) is 59.1. The standard InChI is InChI=1S/C57H101N5O17/c1-43(58)48(65)37-44(49(66)39-57(2,3)50(67)38-45(40-63)55(59)73)23-20-21-29-60-53(70)42-79-36-33-76-31-22-24-46(64)41-78-35-34-77-32-30-61-51(68)28-27-47(56(74)75)62-52(69)25-18-16-14-12-10-8-6-4-5-7-9-11-13-15-17-19-26-54(71)72/h43-45,47,63H,4-42,58H2,1-3H3,(H2,59,73)(H,60,70)(H,61,68)(H,62,69)(H,71,72)(H,74,75)/t43-,44-,45+,47+/m1/s1. The second-order valence-corrected chi connectivity index (χ2v) is 21.3. The van der Waals surface area contributed by atoms with Crippen molar-refractivity contribution in [1.82, 2.24) is 16.0 Å². The van der Waals surface area contributed by atoms with Crippen molar-refractivity contribution in [2.45, 2.75) is 213 Å². The van der Waals surface area contributed by atoms with E-state index in [1.807, 2.05) is 0 Å². The van der Waals surface area contributed by atoms with Crippen LogP contribution in [0.15, 0.2) is 0 Å². The minimum Gasteiger partial charge on any atom is -0.481 e. The molecule has 4 atom stereocenters. The van der Waals surface area contributed by atoms with Crippen LogP contribution in [-0.2, 0) is 66.9 Å². The Labute approximate surface area is 469 Å². The van der Waals surface area contributed by atoms with Gasteiger partial charge in [0, 0.05) is 76.0 Å². The molecule has 0 bridgehead atoms. The van der Waals surface area contributed by atoms with Crippen LogP contribution in [0.1, 0.15) is 201 Å². The van der Waals surface area contributed by atoms with Crippen LogP contribution < -0.4 is 27.4 Å². The summed E-state index contributed by atoms with van der Waals surface area (Å²) in [7, 11) is 0. The van der Waals surface area contributed by atoms with Crippen molar-refractivity contribution in [3.63, 3.8) is 0 Å². The van der Waals surface area contributed by atoms with E-state index in [2.05, 4.69) is 16.0 Å². The van der Waals surface area contributed by atoms with E-state index in [0.29, 0.717) is 45.3 Å². The van der Waals surface area contributed by atoms with Crippen LogP contribution in [0.3, 0.4) is 0 Å². The van der Waals surface area contributed by atoms with Crippen molar-refractivity contribution < 1.29 is 82.2 Å². The second kappa shape index (κ2) is 48.0. The van der Waals surface area contributed by atoms with Crippen molar-refractivity contribution in [2.24, 2.45) is 28.7 Å². The lowest BCUT2D eigenvalue weighted by Gasteiger charge is -2.26. The van der Waals surface area contributed by atoms with E-state index in [4.69, 9.17) is 35.5 Å². The largest absolute Gasteiger partial charge is 0.481 e. The molecule has 0 aliphatic rings. The second-order valence-electron chi connectivity index (χ2n) is 21.3. The zero-order valence-corrected chi connectivity index (χ0v) is 48.1. The smallest absolute Gasteiger partial charge is 0.326 e. The van der Waals surface area contributed by atoms with Crippen LogP contribution >= 0.6 is 0 Å². The average molecular weight is 1130 g/mol. The van der Waals surface area contributed by atoms with Gasteiger partial charge in [-0.05, 0) is 45.4 Å². The van der Waals surface area contributed by atoms with Crippen LogP contribution in [0.2, 0.25) is 0 Å². The molecule has 22 nitrogen and oxygen atoms in total. The summed E-state index contributed by atoms with van der Waals surface area (Å²) >= 11 is 0. The molecule has 79 heavy (non-hydrogen) atoms. The summed E-state index contributed by atoms with van der Waals surface area (Å²) in [5.74, 6) is -6.58. The van der Waals surface area contributed by atoms with E-state index in [1.165, 1.54) is 64.7 Å². The monoisotopic (exact) mass is 1130 g/mol. The SMILES string of the molecule is C[C@@H](N)C(=O)C[C@@H](CCCCNC(=O)COCCOCCCC(=O)COCCOCCNC(=O)CC[C@H](NC(=O)CCCCCCCCCCCCCCCCCCC(=O)O)C(=O)O)C(=O)CC(C)(C)C(=O)C[C@@H](CO)C(N)=O. The Morgan fingerprint density at radius 3 is 1.56 bits per heavy atom. The zero-order valence-electron chi connectivity index (χ0n) is 48.1. The molecule has 0 spiro atoms. The Kier molecular flexibility index (Phi) is 45.1. The van der Waals surface area contributed by atoms with Crippen LogP contribution in [-0.4, -0.2) is 159 Å². The highest BCUT2D eigenvalue weighted by atomic mass is 16.5. The van der Waals surface area contributed by atoms with E-state index in [1.54, 1.807) is 13.8 Å². The van der Waals surface area contributed by atoms with Crippen molar-refractivity contribution in [2.75, 3.05) is 72.6 Å². The molecule has 10 N–H and O–H groups in total. The predicted octanol–water partition coefficient (Wildman–Crippen LogP) is 5.22. The molecular weight excluding hydrogens is 1030 g/mol. The van der Waals surface area contributed by atoms with Crippen LogP contribution in [0.25, 0.3) is 0 Å². The first-order chi connectivity index (χ1) is 37.7. The molecule has 0 aliphatic heterocycles. The van der Waals surface area contributed by atoms with Gasteiger partial charge in [-0.15, -0.1) is 0 Å². The maximum absolute atomic E-state index is 13.3. The lowest BCUT2D eigenvalue weighted by atomic mass is 9.76. The molecule has 0 aromatic rings. The van der Waals surface area contributed by atoms with Gasteiger partial charge in [0.25, 0.3) is 0 Å². The number of carboxylic acid groups (broad SMARTS) is 2. The molecule has 0 saturated heterocycles. The van der Waals surface area contributed by atoms with Gasteiger partial charge in [0.1, 0.15) is 36.6 Å². The number of nitrogens with one attached hydrogen (secondary N) is 3. The number of aliphatic carboxylic acids is 2. The first-order valence-electron chi connectivity index (χ1n) is 29.0. The fourth-order valence-corrected chi connectivity index (χ4v) is 8.46. The minimum atomic E-state index is -1.19. The van der Waals surface area contributed by atoms with E-state index in [0.717, 1.165) is 38.5 Å². The Bertz CT molecular complexity index is 1760. The molecule has 0 rings (SSSR count). The van der Waals surface area contributed by atoms with Gasteiger partial charge in [0.2, 0.25) is 23.6 Å². The third-order valence-electron chi connectivity index (χ3n) is 13.5. The molecule has 456 valence electrons. The molecule has 22 heteroatoms. The Balaban J connectivity index is 3.94. The molecule has 0 radical (unpaired) electrons. The highest BCUT2D eigenvalue weighted by Crippen LogP contribution is 2.30. The molecule has 0 heterocycles. The Morgan fingerprint density at radius 1 is 0.506 bits per heavy atom. The topological polar surface area (TPSA) is 356 Å². The number of unbranched alkanes of at least 4 members (excludes halogenated alkanes) is 16. The number of amides is 4. The van der Waals surface area contributed by atoms with Crippen molar-refractivity contribution in [3.05, 3.63) is 0 Å². The van der Waals surface area contributed by atoms with Gasteiger partial charge < -0.3 is 61.7 Å². The van der Waals surface area contributed by atoms with Gasteiger partial charge in [0.05, 0.1) is 51.6 Å². The number of carbonyl (C=O) groups excluding carboxylic acids is 8. The van der Waals surface area contributed by atoms with Crippen molar-refractivity contribution in [3.8, 4) is 0 Å². The van der Waals surface area contributed by atoms with Gasteiger partial charge in [-0.2, -0.15) is 0 Å². The minimum absolute atomic E-state index is 0.0398. The highest BCUT2D eigenvalue weighted by Gasteiger charge is 2.35. The summed E-state index contributed by atoms with van der Waals surface area (Å²) in [6.07, 6.45) is 19.6. The van der Waals surface area contributed by atoms with Crippen molar-refractivity contribution >= 4 is 58.7 Å². The summed E-state index contributed by atoms with van der Waals surface area (Å²) in [5.41, 5.74) is 9.85. The summed E-state index contributed by atoms with van der Waals surface area (Å²) in [5, 5.41) is 35.6. The van der Waals surface area contributed by atoms with Gasteiger partial charge in [-0.25, -0.2) is 4.79 Å². The lowest BCUT2D eigenvalue weighted by Crippen LogP contribution is -2.41. The van der Waals surface area contributed by atoms with Crippen molar-refractivity contribution in [1.29, 1.82) is 0 Å². The lowest BCUT2D eigenvalue weighted by molar-refractivity contribution is -0.142. The molecular formula is C57H101N5O17. The van der Waals surface area contributed by atoms with Gasteiger partial charge in [-0.1, -0.05) is 110 Å². The highest BCUT2D eigenvalue weighted by molar-refractivity contribution is 5.95. The third kappa shape index (κ3) is 43.7. The molecule has 0 fully saturated rings. The number of hydrogen-bond donors (Lipinski definition) is 8. The Morgan fingerprint density at radius 2 is 1.03 bits per heavy atom. The van der Waals surface area contributed by atoms with Gasteiger partial charge >= 0.3 is 11.9 Å². The van der Waals surface area contributed by atoms with Gasteiger partial charge in [-0.3, -0.25) is 43.2 Å². The normalized spacial score (nSPS) is 13.0. The number of ketones is 4. The first kappa shape index (κ1) is 74.3. The number of aliphatic hydroxyl groups excluding tert-OH is 1. The molecule has 0 aromatic carbocycles. The molecule has 0 aromatic heterocycles. The van der Waals surface area contributed by atoms with E-state index in [9.17, 15) is 58.2 Å². The van der Waals surface area contributed by atoms with Crippen LogP contribution in [0.4, 0.5) is 0 Å². The fraction of sp³-hybridized carbons (Fsp3) is 0.825. The van der Waals surface area contributed by atoms with E-state index in [-0.39, 0.29) is 139 Å². The molecule has 0 saturated carbocycles. The third-order valence-corrected chi connectivity index (χ3v) is 13.5. The summed E-state index contributed by atoms with van der Waals surface area (Å²) in [6.45, 7) is 5.55. The van der Waals surface area contributed by atoms with Crippen LogP contribution in [0.5, 0.6) is 0 Å². The number of hydrogen-bond acceptors (Lipinski definition) is 16. The fourth-order valence-electron chi connectivity index (χ4n) is 8.46. The number of ether oxygens (including phenoxy) is 4. The number of nitrogens with two attached hydrogens (primary N) is 2. The summed E-state index contributed by atoms with van der Waals surface area (Å²) < 4.78 is 21.6. The quantitative estimate of drug-likeness (QED) is 0.0362. The number of primary amides is 1. The first-order valence-corrected chi connectivity index (χ1v) is 29.0. The number of aliphatic hydroxyl groups is 1.